The molecule has 4 heteroatoms. The number of fused-ring (bicyclic) bond motifs is 1. The SMILES string of the molecule is C=CCS(=O)(=O)c1cnc2ccccc2c1. The Hall–Kier alpha value is -1.68. The molecule has 1 aromatic heterocycles. The Balaban J connectivity index is 2.59. The predicted molar refractivity (Wildman–Crippen MR) is 64.0 cm³/mol. The Labute approximate surface area is 94.4 Å². The quantitative estimate of drug-likeness (QED) is 0.763. The number of sulfone groups is 1. The van der Waals surface area contributed by atoms with Gasteiger partial charge in [-0.3, -0.25) is 4.98 Å². The molecule has 16 heavy (non-hydrogen) atoms. The first kappa shape index (κ1) is 10.8. The van der Waals surface area contributed by atoms with Gasteiger partial charge in [-0.15, -0.1) is 6.58 Å². The Morgan fingerprint density at radius 3 is 2.81 bits per heavy atom. The molecule has 1 heterocycles. The van der Waals surface area contributed by atoms with Crippen LogP contribution >= 0.6 is 0 Å². The molecule has 0 saturated heterocycles. The van der Waals surface area contributed by atoms with E-state index in [2.05, 4.69) is 11.6 Å². The van der Waals surface area contributed by atoms with Gasteiger partial charge in [0.1, 0.15) is 0 Å². The van der Waals surface area contributed by atoms with E-state index in [0.29, 0.717) is 0 Å². The molecular formula is C12H11NO2S. The maximum Gasteiger partial charge on any atom is 0.183 e. The van der Waals surface area contributed by atoms with Gasteiger partial charge < -0.3 is 0 Å². The fourth-order valence-corrected chi connectivity index (χ4v) is 2.49. The van der Waals surface area contributed by atoms with Crippen LogP contribution in [0.2, 0.25) is 0 Å². The molecule has 0 radical (unpaired) electrons. The van der Waals surface area contributed by atoms with Crippen molar-refractivity contribution in [1.82, 2.24) is 4.98 Å². The minimum Gasteiger partial charge on any atom is -0.255 e. The van der Waals surface area contributed by atoms with E-state index >= 15 is 0 Å². The molecule has 0 spiro atoms. The summed E-state index contributed by atoms with van der Waals surface area (Å²) in [4.78, 5) is 4.36. The van der Waals surface area contributed by atoms with E-state index in [9.17, 15) is 8.42 Å². The summed E-state index contributed by atoms with van der Waals surface area (Å²) in [6.07, 6.45) is 2.77. The van der Waals surface area contributed by atoms with Gasteiger partial charge in [-0.05, 0) is 12.1 Å². The number of rotatable bonds is 3. The minimum atomic E-state index is -3.28. The van der Waals surface area contributed by atoms with Crippen molar-refractivity contribution < 1.29 is 8.42 Å². The second kappa shape index (κ2) is 4.06. The molecule has 0 aliphatic heterocycles. The van der Waals surface area contributed by atoms with Crippen molar-refractivity contribution in [2.75, 3.05) is 5.75 Å². The number of para-hydroxylation sites is 1. The first-order valence-corrected chi connectivity index (χ1v) is 6.47. The van der Waals surface area contributed by atoms with E-state index in [4.69, 9.17) is 0 Å². The van der Waals surface area contributed by atoms with Crippen LogP contribution in [0.5, 0.6) is 0 Å². The van der Waals surface area contributed by atoms with Crippen LogP contribution < -0.4 is 0 Å². The first-order chi connectivity index (χ1) is 7.63. The highest BCUT2D eigenvalue weighted by Crippen LogP contribution is 2.17. The lowest BCUT2D eigenvalue weighted by atomic mass is 10.2. The van der Waals surface area contributed by atoms with Crippen LogP contribution in [0.1, 0.15) is 0 Å². The van der Waals surface area contributed by atoms with Gasteiger partial charge >= 0.3 is 0 Å². The molecule has 0 unspecified atom stereocenters. The second-order valence-electron chi connectivity index (χ2n) is 3.43. The van der Waals surface area contributed by atoms with Crippen molar-refractivity contribution in [3.63, 3.8) is 0 Å². The van der Waals surface area contributed by atoms with Crippen molar-refractivity contribution in [3.8, 4) is 0 Å². The standard InChI is InChI=1S/C12H11NO2S/c1-2-7-16(14,15)11-8-10-5-3-4-6-12(10)13-9-11/h2-6,8-9H,1,7H2. The summed E-state index contributed by atoms with van der Waals surface area (Å²) in [6.45, 7) is 3.43. The fraction of sp³-hybridized carbons (Fsp3) is 0.0833. The Morgan fingerprint density at radius 1 is 1.31 bits per heavy atom. The molecule has 2 aromatic rings. The number of nitrogens with zero attached hydrogens (tertiary/aromatic N) is 1. The summed E-state index contributed by atoms with van der Waals surface area (Å²) in [5.74, 6) is -0.0625. The fourth-order valence-electron chi connectivity index (χ4n) is 1.47. The van der Waals surface area contributed by atoms with Gasteiger partial charge in [-0.2, -0.15) is 0 Å². The van der Waals surface area contributed by atoms with Crippen LogP contribution in [0.4, 0.5) is 0 Å². The number of pyridine rings is 1. The average Bonchev–Trinajstić information content (AvgIpc) is 2.28. The van der Waals surface area contributed by atoms with E-state index in [1.165, 1.54) is 12.3 Å². The zero-order valence-corrected chi connectivity index (χ0v) is 9.44. The molecule has 0 fully saturated rings. The number of hydrogen-bond donors (Lipinski definition) is 0. The van der Waals surface area contributed by atoms with Crippen LogP contribution in [0.25, 0.3) is 10.9 Å². The minimum absolute atomic E-state index is 0.0625. The highest BCUT2D eigenvalue weighted by Gasteiger charge is 2.12. The third kappa shape index (κ3) is 1.97. The maximum absolute atomic E-state index is 11.8. The molecule has 3 nitrogen and oxygen atoms in total. The van der Waals surface area contributed by atoms with Gasteiger partial charge in [0, 0.05) is 11.6 Å². The highest BCUT2D eigenvalue weighted by molar-refractivity contribution is 7.91. The van der Waals surface area contributed by atoms with Crippen molar-refractivity contribution in [1.29, 1.82) is 0 Å². The zero-order valence-electron chi connectivity index (χ0n) is 8.63. The smallest absolute Gasteiger partial charge is 0.183 e. The van der Waals surface area contributed by atoms with Crippen molar-refractivity contribution in [2.24, 2.45) is 0 Å². The van der Waals surface area contributed by atoms with E-state index < -0.39 is 9.84 Å². The predicted octanol–water partition coefficient (Wildman–Crippen LogP) is 2.19. The summed E-state index contributed by atoms with van der Waals surface area (Å²) in [5.41, 5.74) is 0.792. The Bertz CT molecular complexity index is 632. The largest absolute Gasteiger partial charge is 0.255 e. The van der Waals surface area contributed by atoms with Gasteiger partial charge in [0.05, 0.1) is 16.2 Å². The monoisotopic (exact) mass is 233 g/mol. The van der Waals surface area contributed by atoms with Gasteiger partial charge in [0.15, 0.2) is 9.84 Å². The topological polar surface area (TPSA) is 47.0 Å². The second-order valence-corrected chi connectivity index (χ2v) is 5.47. The molecule has 0 aliphatic rings. The number of hydrogen-bond acceptors (Lipinski definition) is 3. The number of aromatic nitrogens is 1. The van der Waals surface area contributed by atoms with E-state index in [1.807, 2.05) is 24.3 Å². The average molecular weight is 233 g/mol. The molecule has 0 amide bonds. The maximum atomic E-state index is 11.8. The normalized spacial score (nSPS) is 11.5. The van der Waals surface area contributed by atoms with Crippen LogP contribution in [0.15, 0.2) is 54.1 Å². The lowest BCUT2D eigenvalue weighted by molar-refractivity contribution is 0.599. The summed E-state index contributed by atoms with van der Waals surface area (Å²) in [5, 5.41) is 0.827. The number of benzene rings is 1. The van der Waals surface area contributed by atoms with Crippen LogP contribution in [-0.4, -0.2) is 19.2 Å². The lowest BCUT2D eigenvalue weighted by Gasteiger charge is -2.02. The molecule has 0 aliphatic carbocycles. The van der Waals surface area contributed by atoms with Crippen LogP contribution in [0, 0.1) is 0 Å². The third-order valence-electron chi connectivity index (χ3n) is 2.26. The van der Waals surface area contributed by atoms with Gasteiger partial charge in [0.2, 0.25) is 0 Å². The van der Waals surface area contributed by atoms with Crippen molar-refractivity contribution in [2.45, 2.75) is 4.90 Å². The van der Waals surface area contributed by atoms with Crippen molar-refractivity contribution >= 4 is 20.7 Å². The molecule has 82 valence electrons. The summed E-state index contributed by atoms with van der Waals surface area (Å²) >= 11 is 0. The zero-order chi connectivity index (χ0) is 11.6. The third-order valence-corrected chi connectivity index (χ3v) is 3.88. The molecule has 0 bridgehead atoms. The van der Waals surface area contributed by atoms with Crippen LogP contribution in [0.3, 0.4) is 0 Å². The first-order valence-electron chi connectivity index (χ1n) is 4.82. The van der Waals surface area contributed by atoms with Gasteiger partial charge in [-0.25, -0.2) is 8.42 Å². The summed E-state index contributed by atoms with van der Waals surface area (Å²) < 4.78 is 23.5. The highest BCUT2D eigenvalue weighted by atomic mass is 32.2. The molecule has 2 rings (SSSR count). The van der Waals surface area contributed by atoms with Crippen LogP contribution in [-0.2, 0) is 9.84 Å². The molecule has 0 N–H and O–H groups in total. The van der Waals surface area contributed by atoms with Gasteiger partial charge in [0.25, 0.3) is 0 Å². The van der Waals surface area contributed by atoms with E-state index in [-0.39, 0.29) is 10.6 Å². The molecule has 1 aromatic carbocycles. The molecule has 0 atom stereocenters. The van der Waals surface area contributed by atoms with E-state index in [1.54, 1.807) is 6.07 Å². The summed E-state index contributed by atoms with van der Waals surface area (Å²) in [6, 6.07) is 9.05. The Kier molecular flexibility index (Phi) is 2.75. The lowest BCUT2D eigenvalue weighted by Crippen LogP contribution is -2.04. The van der Waals surface area contributed by atoms with Crippen molar-refractivity contribution in [3.05, 3.63) is 49.2 Å². The Morgan fingerprint density at radius 2 is 2.06 bits per heavy atom. The molecule has 0 saturated carbocycles. The van der Waals surface area contributed by atoms with E-state index in [0.717, 1.165) is 10.9 Å². The summed E-state index contributed by atoms with van der Waals surface area (Å²) in [7, 11) is -3.28. The van der Waals surface area contributed by atoms with Gasteiger partial charge in [-0.1, -0.05) is 24.3 Å². The molecular weight excluding hydrogens is 222 g/mol.